The molecule has 0 spiro atoms. The Bertz CT molecular complexity index is 410. The van der Waals surface area contributed by atoms with Crippen LogP contribution >= 0.6 is 23.2 Å². The topological polar surface area (TPSA) is 29.5 Å². The van der Waals surface area contributed by atoms with Crippen molar-refractivity contribution in [1.82, 2.24) is 4.90 Å². The molecule has 100 valence electrons. The maximum atomic E-state index is 12.3. The van der Waals surface area contributed by atoms with Crippen molar-refractivity contribution in [1.29, 1.82) is 0 Å². The van der Waals surface area contributed by atoms with Gasteiger partial charge in [-0.3, -0.25) is 4.79 Å². The summed E-state index contributed by atoms with van der Waals surface area (Å²) in [5, 5.41) is 0.660. The van der Waals surface area contributed by atoms with Crippen molar-refractivity contribution in [2.24, 2.45) is 0 Å². The molecule has 5 heteroatoms. The average molecular weight is 290 g/mol. The lowest BCUT2D eigenvalue weighted by Crippen LogP contribution is -2.35. The number of aryl methyl sites for hydroxylation is 1. The summed E-state index contributed by atoms with van der Waals surface area (Å²) in [7, 11) is 1.61. The number of carbonyl (C=O) groups is 1. The third-order valence-electron chi connectivity index (χ3n) is 2.61. The van der Waals surface area contributed by atoms with Crippen LogP contribution in [0.3, 0.4) is 0 Å². The molecule has 0 fully saturated rings. The summed E-state index contributed by atoms with van der Waals surface area (Å²) in [6.45, 7) is 3.41. The Balaban J connectivity index is 2.83. The monoisotopic (exact) mass is 289 g/mol. The van der Waals surface area contributed by atoms with Crippen LogP contribution in [0.1, 0.15) is 15.9 Å². The molecule has 0 saturated heterocycles. The van der Waals surface area contributed by atoms with Crippen molar-refractivity contribution in [3.8, 4) is 0 Å². The van der Waals surface area contributed by atoms with Crippen LogP contribution in [-0.2, 0) is 4.74 Å². The van der Waals surface area contributed by atoms with Gasteiger partial charge in [-0.2, -0.15) is 0 Å². The molecule has 0 radical (unpaired) electrons. The highest BCUT2D eigenvalue weighted by atomic mass is 35.5. The van der Waals surface area contributed by atoms with Crippen LogP contribution in [0.25, 0.3) is 0 Å². The summed E-state index contributed by atoms with van der Waals surface area (Å²) in [6.07, 6.45) is 0. The van der Waals surface area contributed by atoms with Gasteiger partial charge in [0.15, 0.2) is 0 Å². The number of hydrogen-bond donors (Lipinski definition) is 0. The van der Waals surface area contributed by atoms with Gasteiger partial charge in [0.1, 0.15) is 0 Å². The number of amides is 1. The van der Waals surface area contributed by atoms with Gasteiger partial charge in [0, 0.05) is 36.7 Å². The molecule has 1 amide bonds. The molecule has 1 rings (SSSR count). The smallest absolute Gasteiger partial charge is 0.253 e. The molecule has 0 aromatic heterocycles. The first-order valence-corrected chi connectivity index (χ1v) is 6.61. The lowest BCUT2D eigenvalue weighted by molar-refractivity contribution is 0.0707. The molecule has 0 unspecified atom stereocenters. The molecule has 0 N–H and O–H groups in total. The van der Waals surface area contributed by atoms with E-state index in [1.165, 1.54) is 0 Å². The highest BCUT2D eigenvalue weighted by Gasteiger charge is 2.15. The number of halogens is 2. The van der Waals surface area contributed by atoms with Crippen LogP contribution in [0, 0.1) is 6.92 Å². The van der Waals surface area contributed by atoms with E-state index in [0.717, 1.165) is 5.56 Å². The molecular formula is C13H17Cl2NO2. The summed E-state index contributed by atoms with van der Waals surface area (Å²) in [4.78, 5) is 14.0. The zero-order chi connectivity index (χ0) is 13.5. The van der Waals surface area contributed by atoms with Crippen molar-refractivity contribution in [3.05, 3.63) is 34.3 Å². The van der Waals surface area contributed by atoms with E-state index in [0.29, 0.717) is 36.2 Å². The van der Waals surface area contributed by atoms with Gasteiger partial charge in [-0.05, 0) is 30.7 Å². The van der Waals surface area contributed by atoms with Gasteiger partial charge in [-0.15, -0.1) is 11.6 Å². The minimum absolute atomic E-state index is 0.0486. The number of carbonyl (C=O) groups excluding carboxylic acids is 1. The quantitative estimate of drug-likeness (QED) is 0.754. The minimum atomic E-state index is -0.0486. The van der Waals surface area contributed by atoms with Gasteiger partial charge < -0.3 is 9.64 Å². The average Bonchev–Trinajstić information content (AvgIpc) is 2.37. The lowest BCUT2D eigenvalue weighted by Gasteiger charge is -2.21. The third-order valence-corrected chi connectivity index (χ3v) is 3.20. The summed E-state index contributed by atoms with van der Waals surface area (Å²) in [6, 6.07) is 5.25. The molecule has 0 atom stereocenters. The number of rotatable bonds is 6. The SMILES string of the molecule is COCCN(CCCl)C(=O)c1ccc(Cl)c(C)c1. The van der Waals surface area contributed by atoms with E-state index in [1.807, 2.05) is 6.92 Å². The van der Waals surface area contributed by atoms with E-state index >= 15 is 0 Å². The number of benzene rings is 1. The van der Waals surface area contributed by atoms with Crippen molar-refractivity contribution in [3.63, 3.8) is 0 Å². The second-order valence-corrected chi connectivity index (χ2v) is 4.72. The number of nitrogens with zero attached hydrogens (tertiary/aromatic N) is 1. The fraction of sp³-hybridized carbons (Fsp3) is 0.462. The molecule has 0 saturated carbocycles. The van der Waals surface area contributed by atoms with Crippen LogP contribution in [0.2, 0.25) is 5.02 Å². The number of hydrogen-bond acceptors (Lipinski definition) is 2. The van der Waals surface area contributed by atoms with Crippen LogP contribution in [0.15, 0.2) is 18.2 Å². The molecule has 18 heavy (non-hydrogen) atoms. The van der Waals surface area contributed by atoms with E-state index in [4.69, 9.17) is 27.9 Å². The molecule has 0 aliphatic rings. The number of alkyl halides is 1. The summed E-state index contributed by atoms with van der Waals surface area (Å²) >= 11 is 11.7. The van der Waals surface area contributed by atoms with Crippen molar-refractivity contribution >= 4 is 29.1 Å². The minimum Gasteiger partial charge on any atom is -0.383 e. The first-order chi connectivity index (χ1) is 8.60. The first kappa shape index (κ1) is 15.3. The predicted molar refractivity (Wildman–Crippen MR) is 74.7 cm³/mol. The normalized spacial score (nSPS) is 10.4. The highest BCUT2D eigenvalue weighted by Crippen LogP contribution is 2.17. The Labute approximate surface area is 118 Å². The lowest BCUT2D eigenvalue weighted by atomic mass is 10.1. The molecule has 0 aliphatic heterocycles. The number of methoxy groups -OCH3 is 1. The van der Waals surface area contributed by atoms with Crippen LogP contribution in [0.4, 0.5) is 0 Å². The summed E-state index contributed by atoms with van der Waals surface area (Å²) < 4.78 is 4.99. The Morgan fingerprint density at radius 1 is 1.39 bits per heavy atom. The van der Waals surface area contributed by atoms with Crippen molar-refractivity contribution in [2.45, 2.75) is 6.92 Å². The van der Waals surface area contributed by atoms with Gasteiger partial charge >= 0.3 is 0 Å². The fourth-order valence-electron chi connectivity index (χ4n) is 1.58. The zero-order valence-corrected chi connectivity index (χ0v) is 12.1. The van der Waals surface area contributed by atoms with Crippen LogP contribution < -0.4 is 0 Å². The molecule has 1 aromatic rings. The van der Waals surface area contributed by atoms with Crippen LogP contribution in [0.5, 0.6) is 0 Å². The van der Waals surface area contributed by atoms with Gasteiger partial charge in [-0.25, -0.2) is 0 Å². The molecule has 3 nitrogen and oxygen atoms in total. The standard InChI is InChI=1S/C13H17Cl2NO2/c1-10-9-11(3-4-12(10)15)13(17)16(6-5-14)7-8-18-2/h3-4,9H,5-8H2,1-2H3. The summed E-state index contributed by atoms with van der Waals surface area (Å²) in [5.74, 6) is 0.356. The Hall–Kier alpha value is -0.770. The molecule has 0 aliphatic carbocycles. The maximum absolute atomic E-state index is 12.3. The van der Waals surface area contributed by atoms with E-state index in [1.54, 1.807) is 30.2 Å². The molecule has 0 heterocycles. The predicted octanol–water partition coefficient (Wildman–Crippen LogP) is 2.98. The Kier molecular flexibility index (Phi) is 6.47. The van der Waals surface area contributed by atoms with Gasteiger partial charge in [0.2, 0.25) is 0 Å². The maximum Gasteiger partial charge on any atom is 0.253 e. The van der Waals surface area contributed by atoms with Crippen LogP contribution in [-0.4, -0.2) is 43.5 Å². The molecule has 0 bridgehead atoms. The van der Waals surface area contributed by atoms with Crippen molar-refractivity contribution < 1.29 is 9.53 Å². The Morgan fingerprint density at radius 3 is 2.67 bits per heavy atom. The Morgan fingerprint density at radius 2 is 2.11 bits per heavy atom. The second-order valence-electron chi connectivity index (χ2n) is 3.94. The molecule has 1 aromatic carbocycles. The van der Waals surface area contributed by atoms with Gasteiger partial charge in [0.05, 0.1) is 6.61 Å². The van der Waals surface area contributed by atoms with Gasteiger partial charge in [0.25, 0.3) is 5.91 Å². The van der Waals surface area contributed by atoms with E-state index in [2.05, 4.69) is 0 Å². The second kappa shape index (κ2) is 7.62. The molecular weight excluding hydrogens is 273 g/mol. The first-order valence-electron chi connectivity index (χ1n) is 5.70. The number of ether oxygens (including phenoxy) is 1. The third kappa shape index (κ3) is 4.16. The van der Waals surface area contributed by atoms with E-state index < -0.39 is 0 Å². The zero-order valence-electron chi connectivity index (χ0n) is 10.6. The van der Waals surface area contributed by atoms with Crippen molar-refractivity contribution in [2.75, 3.05) is 32.7 Å². The largest absolute Gasteiger partial charge is 0.383 e. The summed E-state index contributed by atoms with van der Waals surface area (Å²) in [5.41, 5.74) is 1.51. The van der Waals surface area contributed by atoms with E-state index in [-0.39, 0.29) is 5.91 Å². The fourth-order valence-corrected chi connectivity index (χ4v) is 1.90. The van der Waals surface area contributed by atoms with Gasteiger partial charge in [-0.1, -0.05) is 11.6 Å². The van der Waals surface area contributed by atoms with E-state index in [9.17, 15) is 4.79 Å². The highest BCUT2D eigenvalue weighted by molar-refractivity contribution is 6.31.